The van der Waals surface area contributed by atoms with Crippen molar-refractivity contribution < 1.29 is 9.90 Å². The summed E-state index contributed by atoms with van der Waals surface area (Å²) in [7, 11) is 0. The van der Waals surface area contributed by atoms with Crippen LogP contribution in [-0.2, 0) is 11.2 Å². The van der Waals surface area contributed by atoms with Gasteiger partial charge in [0.1, 0.15) is 5.75 Å². The Morgan fingerprint density at radius 1 is 0.889 bits per heavy atom. The number of benzene rings is 3. The van der Waals surface area contributed by atoms with Crippen molar-refractivity contribution in [2.45, 2.75) is 31.7 Å². The van der Waals surface area contributed by atoms with Crippen LogP contribution < -0.4 is 5.32 Å². The lowest BCUT2D eigenvalue weighted by molar-refractivity contribution is -0.121. The predicted octanol–water partition coefficient (Wildman–Crippen LogP) is 4.66. The van der Waals surface area contributed by atoms with Crippen LogP contribution >= 0.6 is 0 Å². The number of para-hydroxylation sites is 1. The van der Waals surface area contributed by atoms with Gasteiger partial charge >= 0.3 is 0 Å². The average molecular weight is 359 g/mol. The number of hydrogen-bond acceptors (Lipinski definition) is 2. The molecule has 0 unspecified atom stereocenters. The lowest BCUT2D eigenvalue weighted by Crippen LogP contribution is -2.35. The molecule has 3 heteroatoms. The first-order valence-electron chi connectivity index (χ1n) is 9.29. The highest BCUT2D eigenvalue weighted by molar-refractivity contribution is 5.78. The SMILES string of the molecule is C[C@H](Cc1ccccc1)NC(=O)C[C@@H](c1ccccc1)c1ccccc1O. The molecule has 0 saturated heterocycles. The van der Waals surface area contributed by atoms with Crippen molar-refractivity contribution in [2.24, 2.45) is 0 Å². The summed E-state index contributed by atoms with van der Waals surface area (Å²) >= 11 is 0. The molecule has 2 N–H and O–H groups in total. The van der Waals surface area contributed by atoms with Crippen LogP contribution in [0.5, 0.6) is 5.75 Å². The fourth-order valence-electron chi connectivity index (χ4n) is 3.41. The molecule has 0 saturated carbocycles. The third kappa shape index (κ3) is 5.20. The van der Waals surface area contributed by atoms with Crippen molar-refractivity contribution >= 4 is 5.91 Å². The van der Waals surface area contributed by atoms with Gasteiger partial charge in [0.05, 0.1) is 0 Å². The topological polar surface area (TPSA) is 49.3 Å². The molecule has 3 aromatic rings. The monoisotopic (exact) mass is 359 g/mol. The van der Waals surface area contributed by atoms with Crippen LogP contribution in [0.15, 0.2) is 84.9 Å². The van der Waals surface area contributed by atoms with E-state index in [9.17, 15) is 9.90 Å². The van der Waals surface area contributed by atoms with E-state index in [4.69, 9.17) is 0 Å². The molecule has 2 atom stereocenters. The molecule has 0 fully saturated rings. The summed E-state index contributed by atoms with van der Waals surface area (Å²) in [5.41, 5.74) is 2.99. The Morgan fingerprint density at radius 3 is 2.15 bits per heavy atom. The van der Waals surface area contributed by atoms with E-state index in [1.165, 1.54) is 5.56 Å². The van der Waals surface area contributed by atoms with Crippen LogP contribution in [0.1, 0.15) is 36.0 Å². The van der Waals surface area contributed by atoms with Gasteiger partial charge in [0.2, 0.25) is 5.91 Å². The van der Waals surface area contributed by atoms with Crippen molar-refractivity contribution in [2.75, 3.05) is 0 Å². The third-order valence-electron chi connectivity index (χ3n) is 4.70. The summed E-state index contributed by atoms with van der Waals surface area (Å²) in [5.74, 6) is 0.0170. The maximum atomic E-state index is 12.7. The van der Waals surface area contributed by atoms with Gasteiger partial charge in [-0.3, -0.25) is 4.79 Å². The highest BCUT2D eigenvalue weighted by atomic mass is 16.3. The number of nitrogens with one attached hydrogen (secondary N) is 1. The minimum Gasteiger partial charge on any atom is -0.508 e. The summed E-state index contributed by atoms with van der Waals surface area (Å²) in [4.78, 5) is 12.7. The van der Waals surface area contributed by atoms with Crippen molar-refractivity contribution in [3.63, 3.8) is 0 Å². The van der Waals surface area contributed by atoms with Crippen molar-refractivity contribution in [3.8, 4) is 5.75 Å². The fraction of sp³-hybridized carbons (Fsp3) is 0.208. The largest absolute Gasteiger partial charge is 0.508 e. The maximum Gasteiger partial charge on any atom is 0.221 e. The number of phenols is 1. The molecule has 3 aromatic carbocycles. The normalized spacial score (nSPS) is 12.9. The number of carbonyl (C=O) groups is 1. The van der Waals surface area contributed by atoms with E-state index >= 15 is 0 Å². The minimum atomic E-state index is -0.184. The van der Waals surface area contributed by atoms with Gasteiger partial charge in [-0.25, -0.2) is 0 Å². The van der Waals surface area contributed by atoms with E-state index in [1.54, 1.807) is 12.1 Å². The van der Waals surface area contributed by atoms with Gasteiger partial charge < -0.3 is 10.4 Å². The molecule has 0 radical (unpaired) electrons. The standard InChI is InChI=1S/C24H25NO2/c1-18(16-19-10-4-2-5-11-19)25-24(27)17-22(20-12-6-3-7-13-20)21-14-8-9-15-23(21)26/h2-15,18,22,26H,16-17H2,1H3,(H,25,27)/t18-,22+/m1/s1. The average Bonchev–Trinajstić information content (AvgIpc) is 2.68. The quantitative estimate of drug-likeness (QED) is 0.644. The van der Waals surface area contributed by atoms with Crippen LogP contribution in [0.3, 0.4) is 0 Å². The van der Waals surface area contributed by atoms with Crippen molar-refractivity contribution in [1.82, 2.24) is 5.32 Å². The van der Waals surface area contributed by atoms with Crippen LogP contribution in [-0.4, -0.2) is 17.1 Å². The molecule has 27 heavy (non-hydrogen) atoms. The summed E-state index contributed by atoms with van der Waals surface area (Å²) in [6.45, 7) is 2.02. The predicted molar refractivity (Wildman–Crippen MR) is 109 cm³/mol. The van der Waals surface area contributed by atoms with Crippen molar-refractivity contribution in [1.29, 1.82) is 0 Å². The minimum absolute atomic E-state index is 0.0180. The first-order valence-corrected chi connectivity index (χ1v) is 9.29. The number of phenolic OH excluding ortho intramolecular Hbond substituents is 1. The Balaban J connectivity index is 1.72. The molecule has 0 aliphatic carbocycles. The second-order valence-corrected chi connectivity index (χ2v) is 6.88. The number of rotatable bonds is 7. The molecule has 3 rings (SSSR count). The Hall–Kier alpha value is -3.07. The highest BCUT2D eigenvalue weighted by Crippen LogP contribution is 2.33. The second kappa shape index (κ2) is 9.04. The molecule has 0 aliphatic rings. The van der Waals surface area contributed by atoms with Gasteiger partial charge in [-0.1, -0.05) is 78.9 Å². The van der Waals surface area contributed by atoms with Crippen molar-refractivity contribution in [3.05, 3.63) is 102 Å². The van der Waals surface area contributed by atoms with Crippen LogP contribution in [0.25, 0.3) is 0 Å². The molecular formula is C24H25NO2. The lowest BCUT2D eigenvalue weighted by atomic mass is 9.87. The molecule has 0 spiro atoms. The molecular weight excluding hydrogens is 334 g/mol. The molecule has 138 valence electrons. The zero-order valence-electron chi connectivity index (χ0n) is 15.5. The smallest absolute Gasteiger partial charge is 0.221 e. The van der Waals surface area contributed by atoms with Crippen LogP contribution in [0, 0.1) is 0 Å². The summed E-state index contributed by atoms with van der Waals surface area (Å²) < 4.78 is 0. The molecule has 0 bridgehead atoms. The van der Waals surface area contributed by atoms with E-state index in [0.717, 1.165) is 17.5 Å². The lowest BCUT2D eigenvalue weighted by Gasteiger charge is -2.21. The Labute approximate surface area is 160 Å². The molecule has 3 nitrogen and oxygen atoms in total. The number of amides is 1. The van der Waals surface area contributed by atoms with E-state index < -0.39 is 0 Å². The molecule has 1 amide bonds. The maximum absolute atomic E-state index is 12.7. The first kappa shape index (κ1) is 18.7. The summed E-state index contributed by atoms with van der Waals surface area (Å²) in [5, 5.41) is 13.4. The van der Waals surface area contributed by atoms with Gasteiger partial charge in [-0.15, -0.1) is 0 Å². The Bertz CT molecular complexity index is 862. The second-order valence-electron chi connectivity index (χ2n) is 6.88. The van der Waals surface area contributed by atoms with Gasteiger partial charge in [0.15, 0.2) is 0 Å². The van der Waals surface area contributed by atoms with E-state index in [2.05, 4.69) is 17.4 Å². The van der Waals surface area contributed by atoms with Gasteiger partial charge in [-0.05, 0) is 30.5 Å². The molecule has 0 heterocycles. The van der Waals surface area contributed by atoms with E-state index in [1.807, 2.05) is 67.6 Å². The summed E-state index contributed by atoms with van der Waals surface area (Å²) in [6.07, 6.45) is 1.08. The fourth-order valence-corrected chi connectivity index (χ4v) is 3.41. The van der Waals surface area contributed by atoms with Gasteiger partial charge in [-0.2, -0.15) is 0 Å². The zero-order valence-corrected chi connectivity index (χ0v) is 15.5. The first-order chi connectivity index (χ1) is 13.1. The number of carbonyl (C=O) groups excluding carboxylic acids is 1. The van der Waals surface area contributed by atoms with E-state index in [-0.39, 0.29) is 23.6 Å². The van der Waals surface area contributed by atoms with E-state index in [0.29, 0.717) is 6.42 Å². The van der Waals surface area contributed by atoms with Gasteiger partial charge in [0, 0.05) is 23.9 Å². The summed E-state index contributed by atoms with van der Waals surface area (Å²) in [6, 6.07) is 27.3. The Kier molecular flexibility index (Phi) is 6.26. The molecule has 0 aromatic heterocycles. The zero-order chi connectivity index (χ0) is 19.1. The highest BCUT2D eigenvalue weighted by Gasteiger charge is 2.21. The number of aromatic hydroxyl groups is 1. The molecule has 0 aliphatic heterocycles. The number of hydrogen-bond donors (Lipinski definition) is 2. The Morgan fingerprint density at radius 2 is 1.48 bits per heavy atom. The third-order valence-corrected chi connectivity index (χ3v) is 4.70. The van der Waals surface area contributed by atoms with Crippen LogP contribution in [0.4, 0.5) is 0 Å². The van der Waals surface area contributed by atoms with Gasteiger partial charge in [0.25, 0.3) is 0 Å². The van der Waals surface area contributed by atoms with Crippen LogP contribution in [0.2, 0.25) is 0 Å².